The van der Waals surface area contributed by atoms with E-state index in [2.05, 4.69) is 17.0 Å². The second-order valence-electron chi connectivity index (χ2n) is 7.91. The summed E-state index contributed by atoms with van der Waals surface area (Å²) >= 11 is 5.96. The Hall–Kier alpha value is -2.37. The zero-order valence-corrected chi connectivity index (χ0v) is 18.4. The highest BCUT2D eigenvalue weighted by atomic mass is 35.5. The molecule has 0 aliphatic carbocycles. The molecule has 6 heteroatoms. The van der Waals surface area contributed by atoms with Gasteiger partial charge in [-0.2, -0.15) is 0 Å². The van der Waals surface area contributed by atoms with E-state index in [1.165, 1.54) is 12.7 Å². The molecule has 0 aromatic heterocycles. The lowest BCUT2D eigenvalue weighted by atomic mass is 9.96. The minimum atomic E-state index is -0.488. The fraction of sp³-hybridized carbons (Fsp3) is 0.417. The lowest BCUT2D eigenvalue weighted by molar-refractivity contribution is 0.0589. The van der Waals surface area contributed by atoms with E-state index >= 15 is 0 Å². The van der Waals surface area contributed by atoms with Gasteiger partial charge in [-0.15, -0.1) is 0 Å². The van der Waals surface area contributed by atoms with Gasteiger partial charge in [0.2, 0.25) is 0 Å². The van der Waals surface area contributed by atoms with Gasteiger partial charge < -0.3 is 14.5 Å². The number of hydrogen-bond donors (Lipinski definition) is 0. The Morgan fingerprint density at radius 1 is 1.13 bits per heavy atom. The minimum absolute atomic E-state index is 0.144. The molecular weight excluding hydrogens is 400 g/mol. The first-order chi connectivity index (χ1) is 14.5. The molecule has 160 valence electrons. The molecule has 1 heterocycles. The molecule has 0 radical (unpaired) electrons. The van der Waals surface area contributed by atoms with Gasteiger partial charge in [0.1, 0.15) is 0 Å². The number of halogens is 1. The van der Waals surface area contributed by atoms with Gasteiger partial charge in [-0.05, 0) is 61.6 Å². The summed E-state index contributed by atoms with van der Waals surface area (Å²) < 4.78 is 4.82. The fourth-order valence-electron chi connectivity index (χ4n) is 4.08. The first-order valence-electron chi connectivity index (χ1n) is 10.4. The van der Waals surface area contributed by atoms with E-state index in [1.807, 2.05) is 19.2 Å². The van der Waals surface area contributed by atoms with Crippen LogP contribution in [0.15, 0.2) is 48.5 Å². The predicted octanol–water partition coefficient (Wildman–Crippen LogP) is 4.15. The SMILES string of the molecule is COC(=O)c1ccccc1C(=O)N(C)CC1CCCN(CCc2ccc(Cl)cc2)C1. The van der Waals surface area contributed by atoms with Gasteiger partial charge in [0, 0.05) is 31.7 Å². The predicted molar refractivity (Wildman–Crippen MR) is 119 cm³/mol. The van der Waals surface area contributed by atoms with Crippen molar-refractivity contribution in [1.29, 1.82) is 0 Å². The molecule has 2 aromatic carbocycles. The number of carbonyl (C=O) groups excluding carboxylic acids is 2. The topological polar surface area (TPSA) is 49.9 Å². The summed E-state index contributed by atoms with van der Waals surface area (Å²) in [6, 6.07) is 14.8. The number of nitrogens with zero attached hydrogens (tertiary/aromatic N) is 2. The van der Waals surface area contributed by atoms with Crippen LogP contribution in [-0.4, -0.2) is 62.0 Å². The molecule has 1 unspecified atom stereocenters. The average Bonchev–Trinajstić information content (AvgIpc) is 2.78. The largest absolute Gasteiger partial charge is 0.465 e. The van der Waals surface area contributed by atoms with Crippen molar-refractivity contribution in [2.24, 2.45) is 5.92 Å². The molecule has 0 bridgehead atoms. The molecule has 0 N–H and O–H groups in total. The summed E-state index contributed by atoms with van der Waals surface area (Å²) in [7, 11) is 3.14. The third-order valence-electron chi connectivity index (χ3n) is 5.67. The van der Waals surface area contributed by atoms with Gasteiger partial charge in [0.25, 0.3) is 5.91 Å². The van der Waals surface area contributed by atoms with Crippen LogP contribution in [0.2, 0.25) is 5.02 Å². The summed E-state index contributed by atoms with van der Waals surface area (Å²) in [5, 5.41) is 0.762. The first-order valence-corrected chi connectivity index (χ1v) is 10.8. The number of carbonyl (C=O) groups is 2. The molecule has 5 nitrogen and oxygen atoms in total. The standard InChI is InChI=1S/C24H29ClN2O3/c1-26(23(28)21-7-3-4-8-22(21)24(29)30-2)16-19-6-5-14-27(17-19)15-13-18-9-11-20(25)12-10-18/h3-4,7-12,19H,5-6,13-17H2,1-2H3. The minimum Gasteiger partial charge on any atom is -0.465 e. The molecule has 1 fully saturated rings. The summed E-state index contributed by atoms with van der Waals surface area (Å²) in [5.41, 5.74) is 1.99. The van der Waals surface area contributed by atoms with E-state index < -0.39 is 5.97 Å². The summed E-state index contributed by atoms with van der Waals surface area (Å²) in [5.74, 6) is -0.212. The Bertz CT molecular complexity index is 869. The van der Waals surface area contributed by atoms with Crippen molar-refractivity contribution in [2.75, 3.05) is 40.3 Å². The van der Waals surface area contributed by atoms with Gasteiger partial charge in [-0.25, -0.2) is 4.79 Å². The average molecular weight is 429 g/mol. The number of methoxy groups -OCH3 is 1. The third-order valence-corrected chi connectivity index (χ3v) is 5.93. The third kappa shape index (κ3) is 5.83. The Kier molecular flexibility index (Phi) is 7.88. The molecular formula is C24H29ClN2O3. The van der Waals surface area contributed by atoms with Gasteiger partial charge in [0.05, 0.1) is 18.2 Å². The molecule has 30 heavy (non-hydrogen) atoms. The van der Waals surface area contributed by atoms with Crippen LogP contribution in [0.3, 0.4) is 0 Å². The van der Waals surface area contributed by atoms with Crippen LogP contribution in [-0.2, 0) is 11.2 Å². The zero-order chi connectivity index (χ0) is 21.5. The van der Waals surface area contributed by atoms with Crippen molar-refractivity contribution in [3.63, 3.8) is 0 Å². The number of rotatable bonds is 7. The number of esters is 1. The van der Waals surface area contributed by atoms with Crippen LogP contribution in [0.1, 0.15) is 39.1 Å². The maximum absolute atomic E-state index is 13.0. The molecule has 1 saturated heterocycles. The van der Waals surface area contributed by atoms with Crippen molar-refractivity contribution < 1.29 is 14.3 Å². The number of likely N-dealkylation sites (tertiary alicyclic amines) is 1. The molecule has 1 aliphatic heterocycles. The summed E-state index contributed by atoms with van der Waals surface area (Å²) in [6.45, 7) is 3.74. The summed E-state index contributed by atoms with van der Waals surface area (Å²) in [6.07, 6.45) is 3.23. The van der Waals surface area contributed by atoms with Crippen molar-refractivity contribution in [3.05, 3.63) is 70.2 Å². The van der Waals surface area contributed by atoms with Crippen molar-refractivity contribution in [3.8, 4) is 0 Å². The highest BCUT2D eigenvalue weighted by Gasteiger charge is 2.25. The van der Waals surface area contributed by atoms with Gasteiger partial charge in [-0.3, -0.25) is 4.79 Å². The monoisotopic (exact) mass is 428 g/mol. The van der Waals surface area contributed by atoms with Crippen molar-refractivity contribution in [1.82, 2.24) is 9.80 Å². The van der Waals surface area contributed by atoms with Crippen LogP contribution in [0.25, 0.3) is 0 Å². The normalized spacial score (nSPS) is 16.8. The van der Waals surface area contributed by atoms with Crippen LogP contribution in [0.5, 0.6) is 0 Å². The Morgan fingerprint density at radius 2 is 1.83 bits per heavy atom. The van der Waals surface area contributed by atoms with E-state index in [4.69, 9.17) is 16.3 Å². The van der Waals surface area contributed by atoms with Crippen LogP contribution in [0.4, 0.5) is 0 Å². The van der Waals surface area contributed by atoms with Crippen molar-refractivity contribution in [2.45, 2.75) is 19.3 Å². The van der Waals surface area contributed by atoms with E-state index in [9.17, 15) is 9.59 Å². The second-order valence-corrected chi connectivity index (χ2v) is 8.34. The Morgan fingerprint density at radius 3 is 2.53 bits per heavy atom. The van der Waals surface area contributed by atoms with Crippen LogP contribution in [0, 0.1) is 5.92 Å². The maximum Gasteiger partial charge on any atom is 0.338 e. The van der Waals surface area contributed by atoms with Crippen LogP contribution >= 0.6 is 11.6 Å². The van der Waals surface area contributed by atoms with E-state index in [1.54, 1.807) is 29.2 Å². The molecule has 0 saturated carbocycles. The Balaban J connectivity index is 1.56. The lowest BCUT2D eigenvalue weighted by Gasteiger charge is -2.35. The molecule has 3 rings (SSSR count). The Labute approximate surface area is 183 Å². The number of hydrogen-bond acceptors (Lipinski definition) is 4. The number of piperidine rings is 1. The smallest absolute Gasteiger partial charge is 0.338 e. The van der Waals surface area contributed by atoms with Crippen LogP contribution < -0.4 is 0 Å². The van der Waals surface area contributed by atoms with E-state index in [0.717, 1.165) is 43.9 Å². The number of ether oxygens (including phenoxy) is 1. The highest BCUT2D eigenvalue weighted by Crippen LogP contribution is 2.20. The second kappa shape index (κ2) is 10.6. The highest BCUT2D eigenvalue weighted by molar-refractivity contribution is 6.30. The first kappa shape index (κ1) is 22.3. The fourth-order valence-corrected chi connectivity index (χ4v) is 4.20. The quantitative estimate of drug-likeness (QED) is 0.621. The molecule has 1 aliphatic rings. The number of benzene rings is 2. The lowest BCUT2D eigenvalue weighted by Crippen LogP contribution is -2.42. The van der Waals surface area contributed by atoms with Crippen molar-refractivity contribution >= 4 is 23.5 Å². The van der Waals surface area contributed by atoms with Gasteiger partial charge in [0.15, 0.2) is 0 Å². The number of amides is 1. The molecule has 1 atom stereocenters. The molecule has 1 amide bonds. The van der Waals surface area contributed by atoms with E-state index in [0.29, 0.717) is 23.6 Å². The molecule has 2 aromatic rings. The zero-order valence-electron chi connectivity index (χ0n) is 17.6. The molecule has 0 spiro atoms. The maximum atomic E-state index is 13.0. The van der Waals surface area contributed by atoms with E-state index in [-0.39, 0.29) is 5.91 Å². The summed E-state index contributed by atoms with van der Waals surface area (Å²) in [4.78, 5) is 29.2. The van der Waals surface area contributed by atoms with Gasteiger partial charge in [-0.1, -0.05) is 35.9 Å². The van der Waals surface area contributed by atoms with Gasteiger partial charge >= 0.3 is 5.97 Å².